The van der Waals surface area contributed by atoms with Crippen LogP contribution in [-0.2, 0) is 39.9 Å². The summed E-state index contributed by atoms with van der Waals surface area (Å²) in [6.45, 7) is 15.8. The van der Waals surface area contributed by atoms with Crippen LogP contribution in [-0.4, -0.2) is 142 Å². The van der Waals surface area contributed by atoms with E-state index in [-0.39, 0.29) is 43.4 Å². The van der Waals surface area contributed by atoms with Crippen LogP contribution in [0.4, 0.5) is 0 Å². The monoisotopic (exact) mass is 860 g/mol. The Morgan fingerprint density at radius 3 is 2.13 bits per heavy atom. The van der Waals surface area contributed by atoms with Crippen LogP contribution in [0.3, 0.4) is 0 Å². The van der Waals surface area contributed by atoms with Gasteiger partial charge in [-0.2, -0.15) is 0 Å². The van der Waals surface area contributed by atoms with Crippen molar-refractivity contribution in [3.63, 3.8) is 0 Å². The number of aliphatic hydroxyl groups excluding tert-OH is 2. The van der Waals surface area contributed by atoms with Gasteiger partial charge in [-0.25, -0.2) is 4.79 Å². The van der Waals surface area contributed by atoms with Crippen molar-refractivity contribution in [1.82, 2.24) is 20.0 Å². The van der Waals surface area contributed by atoms with Crippen LogP contribution in [0.1, 0.15) is 100.0 Å². The molecule has 0 aromatic heterocycles. The van der Waals surface area contributed by atoms with E-state index in [1.807, 2.05) is 41.5 Å². The molecule has 0 saturated carbocycles. The predicted octanol–water partition coefficient (Wildman–Crippen LogP) is 3.16. The fraction of sp³-hybridized carbons (Fsp3) is 0.689. The summed E-state index contributed by atoms with van der Waals surface area (Å²) in [5.41, 5.74) is 6.22. The zero-order valence-electron chi connectivity index (χ0n) is 38.3. The van der Waals surface area contributed by atoms with Crippen molar-refractivity contribution in [2.24, 2.45) is 28.9 Å². The van der Waals surface area contributed by atoms with Crippen molar-refractivity contribution in [2.45, 2.75) is 143 Å². The van der Waals surface area contributed by atoms with Gasteiger partial charge in [-0.05, 0) is 81.4 Å². The van der Waals surface area contributed by atoms with E-state index in [4.69, 9.17) is 15.2 Å². The lowest BCUT2D eigenvalue weighted by Gasteiger charge is -2.39. The quantitative estimate of drug-likeness (QED) is 0.0837. The highest BCUT2D eigenvalue weighted by molar-refractivity contribution is 5.98. The fourth-order valence-electron chi connectivity index (χ4n) is 7.45. The Hall–Kier alpha value is -4.54. The molecule has 0 unspecified atom stereocenters. The number of rotatable bonds is 22. The number of aliphatic hydroxyl groups is 2. The molecule has 4 amide bonds. The Balaban J connectivity index is 2.34. The third-order valence-electron chi connectivity index (χ3n) is 12.0. The van der Waals surface area contributed by atoms with Gasteiger partial charge in [-0.1, -0.05) is 66.2 Å². The molecule has 16 nitrogen and oxygen atoms in total. The number of nitrogens with zero attached hydrogens (tertiary/aromatic N) is 3. The van der Waals surface area contributed by atoms with E-state index in [0.29, 0.717) is 37.0 Å². The predicted molar refractivity (Wildman–Crippen MR) is 231 cm³/mol. The normalized spacial score (nSPS) is 19.0. The molecule has 1 aliphatic heterocycles. The molecule has 16 heteroatoms. The number of carboxylic acids is 1. The Labute approximate surface area is 362 Å². The van der Waals surface area contributed by atoms with Gasteiger partial charge in [0.1, 0.15) is 36.0 Å². The second kappa shape index (κ2) is 23.6. The molecule has 1 fully saturated rings. The molecule has 1 aromatic rings. The summed E-state index contributed by atoms with van der Waals surface area (Å²) in [6, 6.07) is 2.16. The van der Waals surface area contributed by atoms with Gasteiger partial charge in [0.2, 0.25) is 23.6 Å². The lowest BCUT2D eigenvalue weighted by molar-refractivity contribution is -0.166. The second-order valence-corrected chi connectivity index (χ2v) is 17.9. The number of carbonyl (C=O) groups is 6. The highest BCUT2D eigenvalue weighted by atomic mass is 16.5. The molecule has 1 aliphatic rings. The van der Waals surface area contributed by atoms with E-state index in [1.54, 1.807) is 31.2 Å². The Morgan fingerprint density at radius 1 is 1.00 bits per heavy atom. The van der Waals surface area contributed by atoms with Crippen molar-refractivity contribution in [3.8, 4) is 5.75 Å². The van der Waals surface area contributed by atoms with Crippen molar-refractivity contribution in [1.29, 1.82) is 0 Å². The van der Waals surface area contributed by atoms with Gasteiger partial charge < -0.3 is 50.5 Å². The summed E-state index contributed by atoms with van der Waals surface area (Å²) in [4.78, 5) is 85.8. The second-order valence-electron chi connectivity index (χ2n) is 17.9. The summed E-state index contributed by atoms with van der Waals surface area (Å²) in [6.07, 6.45) is 1.82. The minimum atomic E-state index is -1.11. The molecular weight excluding hydrogens is 787 g/mol. The number of likely N-dealkylation sites (N-methyl/N-ethyl adjacent to an activating group) is 2. The molecule has 10 atom stereocenters. The van der Waals surface area contributed by atoms with Crippen molar-refractivity contribution in [2.75, 3.05) is 34.4 Å². The summed E-state index contributed by atoms with van der Waals surface area (Å²) in [5.74, 6) is -4.58. The minimum Gasteiger partial charge on any atom is -0.497 e. The zero-order valence-corrected chi connectivity index (χ0v) is 38.3. The molecule has 0 aliphatic carbocycles. The molecule has 1 saturated heterocycles. The van der Waals surface area contributed by atoms with Crippen molar-refractivity contribution in [3.05, 3.63) is 41.5 Å². The topological polar surface area (TPSA) is 229 Å². The van der Waals surface area contributed by atoms with Gasteiger partial charge in [0.25, 0.3) is 0 Å². The van der Waals surface area contributed by atoms with Crippen LogP contribution in [0, 0.1) is 23.2 Å². The highest BCUT2D eigenvalue weighted by Crippen LogP contribution is 2.32. The lowest BCUT2D eigenvalue weighted by atomic mass is 9.81. The van der Waals surface area contributed by atoms with E-state index in [2.05, 4.69) is 5.32 Å². The fourth-order valence-corrected chi connectivity index (χ4v) is 7.45. The SMILES string of the molecule is CC[C@H](C)[C@@H](C(=O)N1CCC[C@H]1C(=O)O[C@@H](C[C@@H](C)C[C@H](O)[C@H](C)C(=O)O)C(C)(C)C)N(C)C(=O)[C@H](C)N(C)C(=O)[C@H](Cc1ccc(OC)cc1)NC(=O)/C(C)=C/[C@H](N)CO. The molecular formula is C45H73N5O11. The number of hydrogen-bond donors (Lipinski definition) is 5. The first kappa shape index (κ1) is 52.6. The first-order valence-corrected chi connectivity index (χ1v) is 21.3. The van der Waals surface area contributed by atoms with Crippen LogP contribution in [0.25, 0.3) is 0 Å². The number of ether oxygens (including phenoxy) is 2. The first-order valence-electron chi connectivity index (χ1n) is 21.3. The molecule has 6 N–H and O–H groups in total. The van der Waals surface area contributed by atoms with Crippen molar-refractivity contribution < 1.29 is 53.6 Å². The van der Waals surface area contributed by atoms with E-state index in [0.717, 1.165) is 0 Å². The highest BCUT2D eigenvalue weighted by Gasteiger charge is 2.44. The molecule has 344 valence electrons. The molecule has 1 aromatic carbocycles. The number of nitrogens with two attached hydrogens (primary N) is 1. The van der Waals surface area contributed by atoms with E-state index in [9.17, 15) is 44.1 Å². The Morgan fingerprint density at radius 2 is 1.61 bits per heavy atom. The molecule has 0 bridgehead atoms. The van der Waals surface area contributed by atoms with Gasteiger partial charge in [-0.3, -0.25) is 24.0 Å². The van der Waals surface area contributed by atoms with Crippen LogP contribution in [0.2, 0.25) is 0 Å². The van der Waals surface area contributed by atoms with E-state index in [1.165, 1.54) is 55.8 Å². The lowest BCUT2D eigenvalue weighted by Crippen LogP contribution is -2.59. The van der Waals surface area contributed by atoms with Gasteiger partial charge >= 0.3 is 11.9 Å². The van der Waals surface area contributed by atoms with Crippen molar-refractivity contribution >= 4 is 35.6 Å². The maximum atomic E-state index is 14.6. The third-order valence-corrected chi connectivity index (χ3v) is 12.0. The Kier molecular flexibility index (Phi) is 20.4. The number of benzene rings is 1. The summed E-state index contributed by atoms with van der Waals surface area (Å²) < 4.78 is 11.4. The van der Waals surface area contributed by atoms with Crippen LogP contribution in [0.5, 0.6) is 5.75 Å². The van der Waals surface area contributed by atoms with Crippen LogP contribution >= 0.6 is 0 Å². The number of nitrogens with one attached hydrogen (secondary N) is 1. The first-order chi connectivity index (χ1) is 28.4. The molecule has 2 rings (SSSR count). The third kappa shape index (κ3) is 14.8. The number of aliphatic carboxylic acids is 1. The van der Waals surface area contributed by atoms with Crippen LogP contribution in [0.15, 0.2) is 35.9 Å². The number of likely N-dealkylation sites (tertiary alicyclic amines) is 1. The molecule has 0 spiro atoms. The largest absolute Gasteiger partial charge is 0.497 e. The smallest absolute Gasteiger partial charge is 0.329 e. The standard InChI is InChI=1S/C45H73N5O11/c1-13-27(3)38(42(56)50-20-14-15-35(50)44(59)61-37(45(7,8)9)22-26(2)21-36(52)29(5)43(57)58)49(11)40(54)30(6)48(10)41(55)34(24-31-16-18-33(60-12)19-17-31)47-39(53)28(4)23-32(46)25-51/h16-19,23,26-27,29-30,32,34-38,51-52H,13-15,20-22,24-25,46H2,1-12H3,(H,47,53)(H,57,58)/b28-23+/t26-,27-,29-,30-,32-,34-,35-,36-,37-,38-/m0/s1. The molecule has 1 heterocycles. The molecule has 61 heavy (non-hydrogen) atoms. The maximum Gasteiger partial charge on any atom is 0.329 e. The van der Waals surface area contributed by atoms with Gasteiger partial charge in [-0.15, -0.1) is 0 Å². The number of hydrogen-bond acceptors (Lipinski definition) is 11. The number of esters is 1. The van der Waals surface area contributed by atoms with Gasteiger partial charge in [0.15, 0.2) is 0 Å². The van der Waals surface area contributed by atoms with E-state index >= 15 is 0 Å². The minimum absolute atomic E-state index is 0.0796. The van der Waals surface area contributed by atoms with E-state index < -0.39 is 89.3 Å². The number of methoxy groups -OCH3 is 1. The average Bonchev–Trinajstić information content (AvgIpc) is 3.71. The molecule has 0 radical (unpaired) electrons. The summed E-state index contributed by atoms with van der Waals surface area (Å²) in [7, 11) is 4.51. The number of carboxylic acid groups (broad SMARTS) is 1. The maximum absolute atomic E-state index is 14.6. The average molecular weight is 860 g/mol. The number of carbonyl (C=O) groups excluding carboxylic acids is 5. The van der Waals surface area contributed by atoms with Gasteiger partial charge in [0, 0.05) is 38.7 Å². The number of amides is 4. The summed E-state index contributed by atoms with van der Waals surface area (Å²) in [5, 5.41) is 32.0. The zero-order chi connectivity index (χ0) is 46.5. The summed E-state index contributed by atoms with van der Waals surface area (Å²) >= 11 is 0. The van der Waals surface area contributed by atoms with Crippen LogP contribution < -0.4 is 15.8 Å². The Bertz CT molecular complexity index is 1680. The van der Waals surface area contributed by atoms with Gasteiger partial charge in [0.05, 0.1) is 25.7 Å².